The van der Waals surface area contributed by atoms with Crippen LogP contribution in [0.2, 0.25) is 0 Å². The molecule has 0 aromatic carbocycles. The summed E-state index contributed by atoms with van der Waals surface area (Å²) in [6.07, 6.45) is 4.13. The van der Waals surface area contributed by atoms with Gasteiger partial charge in [0.15, 0.2) is 0 Å². The maximum atomic E-state index is 13.3. The molecule has 1 aromatic heterocycles. The lowest BCUT2D eigenvalue weighted by molar-refractivity contribution is -0.0453. The average molecular weight is 262 g/mol. The van der Waals surface area contributed by atoms with Crippen LogP contribution in [0.15, 0.2) is 18.3 Å². The van der Waals surface area contributed by atoms with E-state index in [9.17, 15) is 14.0 Å². The van der Waals surface area contributed by atoms with Crippen molar-refractivity contribution >= 4 is 0 Å². The van der Waals surface area contributed by atoms with Crippen LogP contribution in [0.4, 0.5) is 8.78 Å². The van der Waals surface area contributed by atoms with Crippen LogP contribution < -0.4 is 0 Å². The summed E-state index contributed by atoms with van der Waals surface area (Å²) in [5.74, 6) is -2.04. The van der Waals surface area contributed by atoms with Gasteiger partial charge >= 0.3 is 0 Å². The first-order chi connectivity index (χ1) is 9.05. The molecule has 19 heavy (non-hydrogen) atoms. The number of aromatic nitrogens is 1. The summed E-state index contributed by atoms with van der Waals surface area (Å²) in [6.45, 7) is 0. The minimum atomic E-state index is -2.61. The number of hydrogen-bond donors (Lipinski definition) is 0. The summed E-state index contributed by atoms with van der Waals surface area (Å²) in [5, 5.41) is 9.43. The van der Waals surface area contributed by atoms with Gasteiger partial charge in [0.25, 0.3) is 0 Å². The van der Waals surface area contributed by atoms with Crippen LogP contribution >= 0.6 is 0 Å². The average Bonchev–Trinajstić information content (AvgIpc) is 3.24. The highest BCUT2D eigenvalue weighted by Crippen LogP contribution is 2.45. The molecule has 0 aliphatic heterocycles. The predicted octanol–water partition coefficient (Wildman–Crippen LogP) is 3.93. The van der Waals surface area contributed by atoms with Crippen LogP contribution in [0.5, 0.6) is 0 Å². The Labute approximate surface area is 111 Å². The summed E-state index contributed by atoms with van der Waals surface area (Å²) >= 11 is 0. The van der Waals surface area contributed by atoms with Crippen molar-refractivity contribution < 1.29 is 8.78 Å². The minimum absolute atomic E-state index is 0.203. The van der Waals surface area contributed by atoms with Gasteiger partial charge in [-0.1, -0.05) is 6.07 Å². The molecule has 0 radical (unpaired) electrons. The van der Waals surface area contributed by atoms with E-state index in [4.69, 9.17) is 0 Å². The molecule has 0 unspecified atom stereocenters. The van der Waals surface area contributed by atoms with Gasteiger partial charge in [0.1, 0.15) is 0 Å². The van der Waals surface area contributed by atoms with Gasteiger partial charge < -0.3 is 0 Å². The standard InChI is InChI=1S/C15H16F2N2/c16-15(17)7-5-14(10-18,6-8-15)12-3-4-13(19-9-12)11-1-2-11/h3-4,9,11H,1-2,5-8H2. The van der Waals surface area contributed by atoms with Crippen molar-refractivity contribution in [3.8, 4) is 6.07 Å². The van der Waals surface area contributed by atoms with E-state index in [1.165, 1.54) is 12.8 Å². The molecule has 4 heteroatoms. The molecular formula is C15H16F2N2. The zero-order valence-electron chi connectivity index (χ0n) is 10.7. The number of halogens is 2. The van der Waals surface area contributed by atoms with Crippen molar-refractivity contribution in [2.24, 2.45) is 0 Å². The highest BCUT2D eigenvalue weighted by Gasteiger charge is 2.44. The van der Waals surface area contributed by atoms with Crippen molar-refractivity contribution in [1.82, 2.24) is 4.98 Å². The Bertz CT molecular complexity index is 502. The van der Waals surface area contributed by atoms with E-state index in [-0.39, 0.29) is 25.7 Å². The van der Waals surface area contributed by atoms with Crippen LogP contribution in [-0.2, 0) is 5.41 Å². The molecule has 0 bridgehead atoms. The molecule has 0 N–H and O–H groups in total. The van der Waals surface area contributed by atoms with Crippen molar-refractivity contribution in [3.05, 3.63) is 29.6 Å². The second-order valence-electron chi connectivity index (χ2n) is 5.80. The van der Waals surface area contributed by atoms with E-state index in [0.717, 1.165) is 11.3 Å². The molecule has 0 atom stereocenters. The highest BCUT2D eigenvalue weighted by atomic mass is 19.3. The summed E-state index contributed by atoms with van der Waals surface area (Å²) in [6, 6.07) is 6.13. The second kappa shape index (κ2) is 4.26. The van der Waals surface area contributed by atoms with Crippen LogP contribution in [0.25, 0.3) is 0 Å². The van der Waals surface area contributed by atoms with Crippen molar-refractivity contribution in [1.29, 1.82) is 5.26 Å². The van der Waals surface area contributed by atoms with Crippen molar-refractivity contribution in [3.63, 3.8) is 0 Å². The fourth-order valence-electron chi connectivity index (χ4n) is 2.82. The largest absolute Gasteiger partial charge is 0.261 e. The lowest BCUT2D eigenvalue weighted by Crippen LogP contribution is -2.35. The third-order valence-electron chi connectivity index (χ3n) is 4.38. The number of alkyl halides is 2. The first kappa shape index (κ1) is 12.5. The Morgan fingerprint density at radius 2 is 1.84 bits per heavy atom. The maximum absolute atomic E-state index is 13.3. The lowest BCUT2D eigenvalue weighted by Gasteiger charge is -2.34. The summed E-state index contributed by atoms with van der Waals surface area (Å²) in [7, 11) is 0. The molecule has 100 valence electrons. The van der Waals surface area contributed by atoms with Crippen LogP contribution in [-0.4, -0.2) is 10.9 Å². The van der Waals surface area contributed by atoms with Crippen LogP contribution in [0.1, 0.15) is 55.7 Å². The monoisotopic (exact) mass is 262 g/mol. The number of pyridine rings is 1. The SMILES string of the molecule is N#CC1(c2ccc(C3CC3)nc2)CCC(F)(F)CC1. The molecule has 2 aliphatic carbocycles. The van der Waals surface area contributed by atoms with E-state index >= 15 is 0 Å². The Morgan fingerprint density at radius 3 is 2.32 bits per heavy atom. The number of hydrogen-bond acceptors (Lipinski definition) is 2. The third-order valence-corrected chi connectivity index (χ3v) is 4.38. The van der Waals surface area contributed by atoms with Gasteiger partial charge in [0.2, 0.25) is 5.92 Å². The Hall–Kier alpha value is -1.50. The minimum Gasteiger partial charge on any atom is -0.261 e. The Kier molecular flexibility index (Phi) is 2.81. The van der Waals surface area contributed by atoms with E-state index < -0.39 is 11.3 Å². The summed E-state index contributed by atoms with van der Waals surface area (Å²) in [4.78, 5) is 4.41. The topological polar surface area (TPSA) is 36.7 Å². The van der Waals surface area contributed by atoms with Gasteiger partial charge in [-0.25, -0.2) is 8.78 Å². The van der Waals surface area contributed by atoms with E-state index in [0.29, 0.717) is 5.92 Å². The first-order valence-electron chi connectivity index (χ1n) is 6.80. The number of nitriles is 1. The summed E-state index contributed by atoms with van der Waals surface area (Å²) < 4.78 is 26.5. The van der Waals surface area contributed by atoms with Crippen molar-refractivity contribution in [2.45, 2.75) is 55.8 Å². The molecule has 2 nitrogen and oxygen atoms in total. The molecule has 3 rings (SSSR count). The molecular weight excluding hydrogens is 246 g/mol. The van der Waals surface area contributed by atoms with E-state index in [1.54, 1.807) is 6.20 Å². The molecule has 2 saturated carbocycles. The predicted molar refractivity (Wildman–Crippen MR) is 66.9 cm³/mol. The van der Waals surface area contributed by atoms with E-state index in [1.807, 2.05) is 12.1 Å². The molecule has 2 fully saturated rings. The molecule has 1 aromatic rings. The van der Waals surface area contributed by atoms with E-state index in [2.05, 4.69) is 11.1 Å². The summed E-state index contributed by atoms with van der Waals surface area (Å²) in [5.41, 5.74) is 1.10. The van der Waals surface area contributed by atoms with Crippen LogP contribution in [0, 0.1) is 11.3 Å². The molecule has 0 amide bonds. The van der Waals surface area contributed by atoms with Gasteiger partial charge in [0, 0.05) is 30.7 Å². The normalized spacial score (nSPS) is 24.7. The smallest absolute Gasteiger partial charge is 0.248 e. The number of nitrogens with zero attached hydrogens (tertiary/aromatic N) is 2. The fraction of sp³-hybridized carbons (Fsp3) is 0.600. The molecule has 2 aliphatic rings. The first-order valence-corrected chi connectivity index (χ1v) is 6.80. The van der Waals surface area contributed by atoms with Gasteiger partial charge in [-0.05, 0) is 37.3 Å². The van der Waals surface area contributed by atoms with Gasteiger partial charge in [-0.15, -0.1) is 0 Å². The fourth-order valence-corrected chi connectivity index (χ4v) is 2.82. The zero-order valence-corrected chi connectivity index (χ0v) is 10.7. The third kappa shape index (κ3) is 2.34. The second-order valence-corrected chi connectivity index (χ2v) is 5.80. The quantitative estimate of drug-likeness (QED) is 0.809. The van der Waals surface area contributed by atoms with Gasteiger partial charge in [-0.3, -0.25) is 4.98 Å². The molecule has 1 heterocycles. The van der Waals surface area contributed by atoms with Crippen LogP contribution in [0.3, 0.4) is 0 Å². The maximum Gasteiger partial charge on any atom is 0.248 e. The molecule has 0 spiro atoms. The van der Waals surface area contributed by atoms with Gasteiger partial charge in [-0.2, -0.15) is 5.26 Å². The molecule has 0 saturated heterocycles. The Balaban J connectivity index is 1.84. The Morgan fingerprint density at radius 1 is 1.16 bits per heavy atom. The van der Waals surface area contributed by atoms with Crippen molar-refractivity contribution in [2.75, 3.05) is 0 Å². The number of rotatable bonds is 2. The highest BCUT2D eigenvalue weighted by molar-refractivity contribution is 5.33. The van der Waals surface area contributed by atoms with Gasteiger partial charge in [0.05, 0.1) is 11.5 Å². The zero-order chi connectivity index (χ0) is 13.5. The lowest BCUT2D eigenvalue weighted by atomic mass is 9.70.